The second kappa shape index (κ2) is 8.46. The van der Waals surface area contributed by atoms with E-state index < -0.39 is 11.9 Å². The van der Waals surface area contributed by atoms with Crippen LogP contribution in [-0.4, -0.2) is 36.5 Å². The Balaban J connectivity index is 1.45. The standard InChI is InChI=1S/C22H17N5O4/c28-20-7-3-4-12-26(20)16-8-10-17(11-9-16)27-14-15(24-25-27)13-23-21(29)18-5-1-2-6-19(18)22(30)31/h1-12,14H,13H2,(H,23,29)(H,30,31). The molecule has 2 aromatic heterocycles. The van der Waals surface area contributed by atoms with Crippen molar-refractivity contribution >= 4 is 11.9 Å². The van der Waals surface area contributed by atoms with Gasteiger partial charge in [-0.3, -0.25) is 14.2 Å². The van der Waals surface area contributed by atoms with Crippen LogP contribution in [0.25, 0.3) is 11.4 Å². The number of aromatic carboxylic acids is 1. The number of carboxylic acids is 1. The van der Waals surface area contributed by atoms with Gasteiger partial charge < -0.3 is 10.4 Å². The summed E-state index contributed by atoms with van der Waals surface area (Å²) in [6, 6.07) is 18.1. The Kier molecular flexibility index (Phi) is 5.39. The third-order valence-electron chi connectivity index (χ3n) is 4.59. The summed E-state index contributed by atoms with van der Waals surface area (Å²) in [5.74, 6) is -1.68. The maximum Gasteiger partial charge on any atom is 0.336 e. The molecule has 0 radical (unpaired) electrons. The number of rotatable bonds is 6. The van der Waals surface area contributed by atoms with Crippen molar-refractivity contribution in [3.63, 3.8) is 0 Å². The predicted octanol–water partition coefficient (Wildman–Crippen LogP) is 2.05. The van der Waals surface area contributed by atoms with Crippen LogP contribution in [-0.2, 0) is 6.54 Å². The molecule has 1 amide bonds. The minimum atomic E-state index is -1.17. The Morgan fingerprint density at radius 3 is 2.29 bits per heavy atom. The van der Waals surface area contributed by atoms with Crippen molar-refractivity contribution in [3.8, 4) is 11.4 Å². The van der Waals surface area contributed by atoms with Crippen molar-refractivity contribution in [1.82, 2.24) is 24.9 Å². The fourth-order valence-electron chi connectivity index (χ4n) is 3.05. The predicted molar refractivity (Wildman–Crippen MR) is 112 cm³/mol. The van der Waals surface area contributed by atoms with Gasteiger partial charge in [-0.05, 0) is 42.5 Å². The first-order valence-corrected chi connectivity index (χ1v) is 9.33. The molecule has 9 heteroatoms. The van der Waals surface area contributed by atoms with E-state index in [9.17, 15) is 19.5 Å². The first kappa shape index (κ1) is 19.8. The lowest BCUT2D eigenvalue weighted by molar-refractivity contribution is 0.0691. The van der Waals surface area contributed by atoms with Gasteiger partial charge in [0.05, 0.1) is 29.6 Å². The van der Waals surface area contributed by atoms with Gasteiger partial charge in [-0.2, -0.15) is 0 Å². The monoisotopic (exact) mass is 415 g/mol. The summed E-state index contributed by atoms with van der Waals surface area (Å²) in [5, 5.41) is 20.0. The lowest BCUT2D eigenvalue weighted by Gasteiger charge is -2.06. The largest absolute Gasteiger partial charge is 0.478 e. The highest BCUT2D eigenvalue weighted by molar-refractivity contribution is 6.04. The number of carbonyl (C=O) groups is 2. The highest BCUT2D eigenvalue weighted by Gasteiger charge is 2.16. The zero-order valence-electron chi connectivity index (χ0n) is 16.2. The van der Waals surface area contributed by atoms with E-state index in [1.54, 1.807) is 65.6 Å². The molecule has 0 spiro atoms. The molecule has 9 nitrogen and oxygen atoms in total. The molecule has 154 valence electrons. The lowest BCUT2D eigenvalue weighted by atomic mass is 10.1. The van der Waals surface area contributed by atoms with E-state index in [0.717, 1.165) is 11.4 Å². The molecular formula is C22H17N5O4. The Morgan fingerprint density at radius 2 is 1.58 bits per heavy atom. The molecule has 4 aromatic rings. The molecule has 31 heavy (non-hydrogen) atoms. The van der Waals surface area contributed by atoms with E-state index >= 15 is 0 Å². The van der Waals surface area contributed by atoms with E-state index in [2.05, 4.69) is 15.6 Å². The van der Waals surface area contributed by atoms with Crippen LogP contribution in [0.3, 0.4) is 0 Å². The summed E-state index contributed by atoms with van der Waals surface area (Å²) in [5.41, 5.74) is 1.84. The Bertz CT molecular complexity index is 1310. The van der Waals surface area contributed by atoms with Gasteiger partial charge in [0.1, 0.15) is 5.69 Å². The number of carbonyl (C=O) groups excluding carboxylic acids is 1. The number of nitrogens with one attached hydrogen (secondary N) is 1. The van der Waals surface area contributed by atoms with E-state index in [-0.39, 0.29) is 23.2 Å². The second-order valence-corrected chi connectivity index (χ2v) is 6.61. The summed E-state index contributed by atoms with van der Waals surface area (Å²) < 4.78 is 3.07. The highest BCUT2D eigenvalue weighted by atomic mass is 16.4. The van der Waals surface area contributed by atoms with E-state index in [1.807, 2.05) is 0 Å². The fourth-order valence-corrected chi connectivity index (χ4v) is 3.05. The minimum absolute atomic E-state index is 0.0683. The highest BCUT2D eigenvalue weighted by Crippen LogP contribution is 2.12. The average Bonchev–Trinajstić information content (AvgIpc) is 3.27. The number of hydrogen-bond acceptors (Lipinski definition) is 5. The Morgan fingerprint density at radius 1 is 0.903 bits per heavy atom. The molecule has 2 heterocycles. The third-order valence-corrected chi connectivity index (χ3v) is 4.59. The zero-order chi connectivity index (χ0) is 21.8. The summed E-state index contributed by atoms with van der Waals surface area (Å²) >= 11 is 0. The van der Waals surface area contributed by atoms with Crippen LogP contribution in [0.2, 0.25) is 0 Å². The van der Waals surface area contributed by atoms with Gasteiger partial charge in [0.2, 0.25) is 0 Å². The number of pyridine rings is 1. The number of amides is 1. The van der Waals surface area contributed by atoms with E-state index in [4.69, 9.17) is 0 Å². The van der Waals surface area contributed by atoms with E-state index in [1.165, 1.54) is 22.8 Å². The summed E-state index contributed by atoms with van der Waals surface area (Å²) in [6.45, 7) is 0.0876. The van der Waals surface area contributed by atoms with Gasteiger partial charge in [0.25, 0.3) is 11.5 Å². The van der Waals surface area contributed by atoms with Gasteiger partial charge in [-0.1, -0.05) is 23.4 Å². The average molecular weight is 415 g/mol. The van der Waals surface area contributed by atoms with Crippen LogP contribution in [0.5, 0.6) is 0 Å². The van der Waals surface area contributed by atoms with Gasteiger partial charge in [-0.25, -0.2) is 9.48 Å². The van der Waals surface area contributed by atoms with Crippen molar-refractivity contribution in [2.24, 2.45) is 0 Å². The van der Waals surface area contributed by atoms with E-state index in [0.29, 0.717) is 5.69 Å². The lowest BCUT2D eigenvalue weighted by Crippen LogP contribution is -2.25. The first-order chi connectivity index (χ1) is 15.0. The van der Waals surface area contributed by atoms with Crippen LogP contribution in [0.4, 0.5) is 0 Å². The van der Waals surface area contributed by atoms with Gasteiger partial charge in [0.15, 0.2) is 0 Å². The van der Waals surface area contributed by atoms with Crippen molar-refractivity contribution < 1.29 is 14.7 Å². The number of carboxylic acid groups (broad SMARTS) is 1. The number of aromatic nitrogens is 4. The molecule has 2 aromatic carbocycles. The molecule has 0 aliphatic rings. The Labute approximate surface area is 176 Å². The topological polar surface area (TPSA) is 119 Å². The molecular weight excluding hydrogens is 398 g/mol. The molecule has 0 saturated heterocycles. The smallest absolute Gasteiger partial charge is 0.336 e. The van der Waals surface area contributed by atoms with Crippen LogP contribution >= 0.6 is 0 Å². The van der Waals surface area contributed by atoms with Gasteiger partial charge in [-0.15, -0.1) is 5.10 Å². The molecule has 0 atom stereocenters. The molecule has 0 saturated carbocycles. The van der Waals surface area contributed by atoms with Gasteiger partial charge in [0, 0.05) is 18.0 Å². The summed E-state index contributed by atoms with van der Waals surface area (Å²) in [6.07, 6.45) is 3.35. The van der Waals surface area contributed by atoms with Crippen molar-refractivity contribution in [2.75, 3.05) is 0 Å². The molecule has 2 N–H and O–H groups in total. The number of nitrogens with zero attached hydrogens (tertiary/aromatic N) is 4. The summed E-state index contributed by atoms with van der Waals surface area (Å²) in [4.78, 5) is 35.6. The third kappa shape index (κ3) is 4.25. The summed E-state index contributed by atoms with van der Waals surface area (Å²) in [7, 11) is 0. The first-order valence-electron chi connectivity index (χ1n) is 9.33. The van der Waals surface area contributed by atoms with Crippen molar-refractivity contribution in [2.45, 2.75) is 6.54 Å². The molecule has 0 unspecified atom stereocenters. The quantitative estimate of drug-likeness (QED) is 0.497. The second-order valence-electron chi connectivity index (χ2n) is 6.61. The molecule has 4 rings (SSSR count). The van der Waals surface area contributed by atoms with Crippen LogP contribution in [0, 0.1) is 0 Å². The van der Waals surface area contributed by atoms with Crippen LogP contribution in [0.1, 0.15) is 26.4 Å². The SMILES string of the molecule is O=C(O)c1ccccc1C(=O)NCc1cn(-c2ccc(-n3ccccc3=O)cc2)nn1. The molecule has 0 bridgehead atoms. The van der Waals surface area contributed by atoms with Gasteiger partial charge >= 0.3 is 5.97 Å². The van der Waals surface area contributed by atoms with Crippen molar-refractivity contribution in [3.05, 3.63) is 106 Å². The molecule has 0 aliphatic carbocycles. The van der Waals surface area contributed by atoms with Crippen molar-refractivity contribution in [1.29, 1.82) is 0 Å². The van der Waals surface area contributed by atoms with Crippen LogP contribution < -0.4 is 10.9 Å². The maximum absolute atomic E-state index is 12.4. The minimum Gasteiger partial charge on any atom is -0.478 e. The molecule has 0 fully saturated rings. The number of hydrogen-bond donors (Lipinski definition) is 2. The fraction of sp³-hybridized carbons (Fsp3) is 0.0455. The zero-order valence-corrected chi connectivity index (χ0v) is 16.2. The normalized spacial score (nSPS) is 10.6. The number of benzene rings is 2. The van der Waals surface area contributed by atoms with Crippen LogP contribution in [0.15, 0.2) is 83.9 Å². The molecule has 0 aliphatic heterocycles. The maximum atomic E-state index is 12.4. The Hall–Kier alpha value is -4.53.